The Balaban J connectivity index is 1.26. The molecule has 8 aromatic carbocycles. The van der Waals surface area contributed by atoms with Crippen LogP contribution < -0.4 is 4.90 Å². The maximum atomic E-state index is 6.93. The van der Waals surface area contributed by atoms with Gasteiger partial charge in [0.2, 0.25) is 0 Å². The number of nitrogens with zero attached hydrogens (tertiary/aromatic N) is 2. The van der Waals surface area contributed by atoms with Gasteiger partial charge < -0.3 is 13.9 Å². The Bertz CT molecular complexity index is 3120. The number of hydrogen-bond donors (Lipinski definition) is 0. The minimum atomic E-state index is 0.877. The third-order valence-corrected chi connectivity index (χ3v) is 11.5. The smallest absolute Gasteiger partial charge is 0.147 e. The number of aromatic nitrogens is 1. The molecule has 0 atom stereocenters. The van der Waals surface area contributed by atoms with Crippen LogP contribution in [0.4, 0.5) is 17.1 Å². The maximum absolute atomic E-state index is 6.93. The molecule has 0 aliphatic heterocycles. The summed E-state index contributed by atoms with van der Waals surface area (Å²) >= 11 is 1.85. The first-order valence-electron chi connectivity index (χ1n) is 17.6. The Labute approximate surface area is 303 Å². The predicted octanol–water partition coefficient (Wildman–Crippen LogP) is 14.2. The predicted molar refractivity (Wildman–Crippen MR) is 221 cm³/mol. The minimum absolute atomic E-state index is 0.877. The fourth-order valence-electron chi connectivity index (χ4n) is 8.06. The van der Waals surface area contributed by atoms with Gasteiger partial charge in [-0.05, 0) is 71.8 Å². The van der Waals surface area contributed by atoms with Crippen LogP contribution in [0.5, 0.6) is 0 Å². The number of para-hydroxylation sites is 3. The summed E-state index contributed by atoms with van der Waals surface area (Å²) in [5, 5.41) is 7.06. The summed E-state index contributed by atoms with van der Waals surface area (Å²) < 4.78 is 11.9. The van der Waals surface area contributed by atoms with Crippen molar-refractivity contribution in [3.05, 3.63) is 182 Å². The standard InChI is InChI=1S/C48H30N2OS/c1-3-13-31(14-4-1)32-23-25-34(26-24-32)49(35-27-28-37-36-17-9-12-22-44(36)52-45(37)29-35)41-30-42-46(48-47(41)39-19-8-11-21-43(39)51-48)38-18-7-10-20-40(38)50(42)33-15-5-2-6-16-33/h1-30H. The van der Waals surface area contributed by atoms with Crippen molar-refractivity contribution in [3.8, 4) is 16.8 Å². The summed E-state index contributed by atoms with van der Waals surface area (Å²) in [6.45, 7) is 0. The highest BCUT2D eigenvalue weighted by Gasteiger charge is 2.26. The second-order valence-electron chi connectivity index (χ2n) is 13.3. The Morgan fingerprint density at radius 3 is 1.90 bits per heavy atom. The van der Waals surface area contributed by atoms with E-state index in [2.05, 4.69) is 191 Å². The molecule has 0 radical (unpaired) electrons. The van der Waals surface area contributed by atoms with Crippen molar-refractivity contribution < 1.29 is 4.42 Å². The van der Waals surface area contributed by atoms with Crippen molar-refractivity contribution in [1.29, 1.82) is 0 Å². The number of furan rings is 1. The second-order valence-corrected chi connectivity index (χ2v) is 14.4. The van der Waals surface area contributed by atoms with E-state index < -0.39 is 0 Å². The van der Waals surface area contributed by atoms with Gasteiger partial charge in [-0.15, -0.1) is 11.3 Å². The molecule has 244 valence electrons. The van der Waals surface area contributed by atoms with Crippen LogP contribution in [0.15, 0.2) is 186 Å². The molecular weight excluding hydrogens is 653 g/mol. The Morgan fingerprint density at radius 2 is 1.08 bits per heavy atom. The van der Waals surface area contributed by atoms with E-state index >= 15 is 0 Å². The third kappa shape index (κ3) is 4.38. The van der Waals surface area contributed by atoms with E-state index in [0.29, 0.717) is 0 Å². The quantitative estimate of drug-likeness (QED) is 0.180. The third-order valence-electron chi connectivity index (χ3n) is 10.4. The van der Waals surface area contributed by atoms with Crippen molar-refractivity contribution in [2.75, 3.05) is 4.90 Å². The molecule has 0 aliphatic carbocycles. The molecule has 0 spiro atoms. The van der Waals surface area contributed by atoms with Crippen LogP contribution in [0, 0.1) is 0 Å². The molecule has 0 unspecified atom stereocenters. The Hall–Kier alpha value is -6.62. The van der Waals surface area contributed by atoms with Crippen molar-refractivity contribution in [1.82, 2.24) is 4.57 Å². The molecule has 11 aromatic rings. The fraction of sp³-hybridized carbons (Fsp3) is 0. The number of thiophene rings is 1. The number of fused-ring (bicyclic) bond motifs is 10. The number of benzene rings is 8. The largest absolute Gasteiger partial charge is 0.455 e. The zero-order chi connectivity index (χ0) is 34.2. The SMILES string of the molecule is c1ccc(-c2ccc(N(c3ccc4c(c3)sc3ccccc34)c3cc4c(c5ccccc5n4-c4ccccc4)c4oc5ccccc5c34)cc2)cc1. The minimum Gasteiger partial charge on any atom is -0.455 e. The average molecular weight is 683 g/mol. The van der Waals surface area contributed by atoms with Crippen LogP contribution in [-0.4, -0.2) is 4.57 Å². The second kappa shape index (κ2) is 11.5. The summed E-state index contributed by atoms with van der Waals surface area (Å²) in [6.07, 6.45) is 0. The Kier molecular flexibility index (Phi) is 6.42. The number of anilines is 3. The lowest BCUT2D eigenvalue weighted by Gasteiger charge is -2.27. The van der Waals surface area contributed by atoms with Gasteiger partial charge in [-0.3, -0.25) is 0 Å². The van der Waals surface area contributed by atoms with Crippen LogP contribution in [0.2, 0.25) is 0 Å². The van der Waals surface area contributed by atoms with E-state index in [-0.39, 0.29) is 0 Å². The fourth-order valence-corrected chi connectivity index (χ4v) is 9.20. The highest BCUT2D eigenvalue weighted by atomic mass is 32.1. The lowest BCUT2D eigenvalue weighted by molar-refractivity contribution is 0.673. The van der Waals surface area contributed by atoms with Crippen molar-refractivity contribution >= 4 is 92.3 Å². The summed E-state index contributed by atoms with van der Waals surface area (Å²) in [7, 11) is 0. The zero-order valence-electron chi connectivity index (χ0n) is 28.0. The molecule has 0 bridgehead atoms. The van der Waals surface area contributed by atoms with Crippen LogP contribution >= 0.6 is 11.3 Å². The molecule has 3 aromatic heterocycles. The highest BCUT2D eigenvalue weighted by molar-refractivity contribution is 7.25. The molecule has 3 nitrogen and oxygen atoms in total. The van der Waals surface area contributed by atoms with Gasteiger partial charge in [0.05, 0.1) is 27.5 Å². The van der Waals surface area contributed by atoms with E-state index in [0.717, 1.165) is 61.1 Å². The lowest BCUT2D eigenvalue weighted by atomic mass is 10.0. The van der Waals surface area contributed by atoms with E-state index in [4.69, 9.17) is 4.42 Å². The van der Waals surface area contributed by atoms with Crippen LogP contribution in [0.1, 0.15) is 0 Å². The molecular formula is C48H30N2OS. The average Bonchev–Trinajstić information content (AvgIpc) is 3.88. The first-order chi connectivity index (χ1) is 25.8. The first-order valence-corrected chi connectivity index (χ1v) is 18.4. The van der Waals surface area contributed by atoms with E-state index in [9.17, 15) is 0 Å². The monoisotopic (exact) mass is 682 g/mol. The molecule has 52 heavy (non-hydrogen) atoms. The first kappa shape index (κ1) is 29.1. The summed E-state index contributed by atoms with van der Waals surface area (Å²) in [6, 6.07) is 65.4. The summed E-state index contributed by atoms with van der Waals surface area (Å²) in [4.78, 5) is 2.43. The van der Waals surface area contributed by atoms with Crippen LogP contribution in [-0.2, 0) is 0 Å². The normalized spacial score (nSPS) is 11.8. The number of rotatable bonds is 5. The molecule has 0 N–H and O–H groups in total. The van der Waals surface area contributed by atoms with Crippen molar-refractivity contribution in [2.45, 2.75) is 0 Å². The van der Waals surface area contributed by atoms with E-state index in [1.165, 1.54) is 36.7 Å². The molecule has 0 fully saturated rings. The molecule has 11 rings (SSSR count). The van der Waals surface area contributed by atoms with Gasteiger partial charge in [-0.25, -0.2) is 0 Å². The number of hydrogen-bond acceptors (Lipinski definition) is 3. The van der Waals surface area contributed by atoms with Gasteiger partial charge in [-0.2, -0.15) is 0 Å². The molecule has 0 saturated carbocycles. The summed E-state index contributed by atoms with van der Waals surface area (Å²) in [5.74, 6) is 0. The molecule has 3 heterocycles. The molecule has 0 saturated heterocycles. The maximum Gasteiger partial charge on any atom is 0.147 e. The molecule has 4 heteroatoms. The van der Waals surface area contributed by atoms with Gasteiger partial charge >= 0.3 is 0 Å². The van der Waals surface area contributed by atoms with E-state index in [1.807, 2.05) is 11.3 Å². The Morgan fingerprint density at radius 1 is 0.442 bits per heavy atom. The van der Waals surface area contributed by atoms with E-state index in [1.54, 1.807) is 0 Å². The van der Waals surface area contributed by atoms with Crippen molar-refractivity contribution in [2.24, 2.45) is 0 Å². The van der Waals surface area contributed by atoms with Crippen molar-refractivity contribution in [3.63, 3.8) is 0 Å². The van der Waals surface area contributed by atoms with Gasteiger partial charge in [0.1, 0.15) is 11.2 Å². The lowest BCUT2D eigenvalue weighted by Crippen LogP contribution is -2.10. The van der Waals surface area contributed by atoms with Crippen LogP contribution in [0.25, 0.3) is 80.7 Å². The highest BCUT2D eigenvalue weighted by Crippen LogP contribution is 2.49. The molecule has 0 aliphatic rings. The molecule has 0 amide bonds. The van der Waals surface area contributed by atoms with Crippen LogP contribution in [0.3, 0.4) is 0 Å². The summed E-state index contributed by atoms with van der Waals surface area (Å²) in [5.41, 5.74) is 10.8. The van der Waals surface area contributed by atoms with Gasteiger partial charge in [-0.1, -0.05) is 121 Å². The van der Waals surface area contributed by atoms with Gasteiger partial charge in [0.15, 0.2) is 0 Å². The van der Waals surface area contributed by atoms with Gasteiger partial charge in [0, 0.05) is 48.0 Å². The topological polar surface area (TPSA) is 21.3 Å². The zero-order valence-corrected chi connectivity index (χ0v) is 28.8. The van der Waals surface area contributed by atoms with Gasteiger partial charge in [0.25, 0.3) is 0 Å².